The minimum atomic E-state index is 0.584. The van der Waals surface area contributed by atoms with Crippen LogP contribution in [-0.4, -0.2) is 62.7 Å². The molecule has 2 N–H and O–H groups in total. The number of guanidine groups is 1. The van der Waals surface area contributed by atoms with Crippen molar-refractivity contribution in [3.63, 3.8) is 0 Å². The Bertz CT molecular complexity index is 549. The van der Waals surface area contributed by atoms with Crippen LogP contribution in [0.1, 0.15) is 38.8 Å². The number of nitrogens with zero attached hydrogens (tertiary/aromatic N) is 4. The Morgan fingerprint density at radius 1 is 1.27 bits per heavy atom. The van der Waals surface area contributed by atoms with E-state index in [-0.39, 0.29) is 0 Å². The highest BCUT2D eigenvalue weighted by Crippen LogP contribution is 2.15. The van der Waals surface area contributed by atoms with Crippen molar-refractivity contribution in [2.75, 3.05) is 51.7 Å². The lowest BCUT2D eigenvalue weighted by Crippen LogP contribution is -2.39. The van der Waals surface area contributed by atoms with E-state index in [2.05, 4.69) is 39.4 Å². The van der Waals surface area contributed by atoms with Gasteiger partial charge in [0.2, 0.25) is 0 Å². The molecule has 1 aliphatic rings. The third-order valence-corrected chi connectivity index (χ3v) is 4.81. The van der Waals surface area contributed by atoms with Crippen molar-refractivity contribution in [1.82, 2.24) is 20.5 Å². The normalized spacial score (nSPS) is 16.5. The highest BCUT2D eigenvalue weighted by molar-refractivity contribution is 5.79. The molecule has 1 aromatic rings. The number of anilines is 1. The van der Waals surface area contributed by atoms with Gasteiger partial charge in [-0.3, -0.25) is 0 Å². The van der Waals surface area contributed by atoms with Gasteiger partial charge in [0.05, 0.1) is 12.2 Å². The lowest BCUT2D eigenvalue weighted by atomic mass is 9.99. The van der Waals surface area contributed by atoms with Gasteiger partial charge in [0, 0.05) is 27.2 Å². The first-order valence-corrected chi connectivity index (χ1v) is 9.96. The minimum Gasteiger partial charge on any atom is -0.363 e. The predicted molar refractivity (Wildman–Crippen MR) is 111 cm³/mol. The molecular formula is C20H36N6. The molecule has 2 heterocycles. The van der Waals surface area contributed by atoms with Crippen LogP contribution in [0.4, 0.5) is 5.82 Å². The molecule has 0 aliphatic carbocycles. The quantitative estimate of drug-likeness (QED) is 0.423. The molecule has 0 spiro atoms. The molecule has 0 aromatic carbocycles. The van der Waals surface area contributed by atoms with Gasteiger partial charge in [0.15, 0.2) is 5.96 Å². The van der Waals surface area contributed by atoms with Gasteiger partial charge in [-0.05, 0) is 63.9 Å². The summed E-state index contributed by atoms with van der Waals surface area (Å²) in [6.07, 6.45) is 3.83. The summed E-state index contributed by atoms with van der Waals surface area (Å²) < 4.78 is 0. The Hall–Kier alpha value is -1.82. The van der Waals surface area contributed by atoms with Crippen molar-refractivity contribution in [3.05, 3.63) is 23.9 Å². The molecule has 1 fully saturated rings. The number of nitrogens with one attached hydrogen (secondary N) is 2. The summed E-state index contributed by atoms with van der Waals surface area (Å²) >= 11 is 0. The van der Waals surface area contributed by atoms with E-state index in [9.17, 15) is 0 Å². The third kappa shape index (κ3) is 7.20. The van der Waals surface area contributed by atoms with Gasteiger partial charge in [-0.15, -0.1) is 0 Å². The average molecular weight is 361 g/mol. The third-order valence-electron chi connectivity index (χ3n) is 4.81. The second kappa shape index (κ2) is 11.0. The van der Waals surface area contributed by atoms with Crippen molar-refractivity contribution in [2.24, 2.45) is 10.9 Å². The lowest BCUT2D eigenvalue weighted by Gasteiger charge is -2.30. The molecule has 0 unspecified atom stereocenters. The molecule has 0 atom stereocenters. The summed E-state index contributed by atoms with van der Waals surface area (Å²) in [6, 6.07) is 6.07. The number of pyridine rings is 1. The number of aromatic nitrogens is 1. The van der Waals surface area contributed by atoms with E-state index in [1.54, 1.807) is 0 Å². The first-order chi connectivity index (χ1) is 12.6. The second-order valence-electron chi connectivity index (χ2n) is 7.38. The smallest absolute Gasteiger partial charge is 0.191 e. The predicted octanol–water partition coefficient (Wildman–Crippen LogP) is 2.32. The largest absolute Gasteiger partial charge is 0.363 e. The van der Waals surface area contributed by atoms with E-state index in [0.29, 0.717) is 6.54 Å². The number of rotatable bonds is 8. The van der Waals surface area contributed by atoms with Crippen LogP contribution in [-0.2, 0) is 6.54 Å². The molecule has 1 aliphatic heterocycles. The zero-order valence-corrected chi connectivity index (χ0v) is 17.0. The Balaban J connectivity index is 1.76. The van der Waals surface area contributed by atoms with E-state index < -0.39 is 0 Å². The fourth-order valence-electron chi connectivity index (χ4n) is 3.10. The monoisotopic (exact) mass is 360 g/mol. The van der Waals surface area contributed by atoms with E-state index in [4.69, 9.17) is 0 Å². The average Bonchev–Trinajstić information content (AvgIpc) is 2.64. The molecule has 1 saturated heterocycles. The Labute approximate surface area is 159 Å². The fraction of sp³-hybridized carbons (Fsp3) is 0.700. The molecule has 0 saturated carbocycles. The molecular weight excluding hydrogens is 324 g/mol. The van der Waals surface area contributed by atoms with Gasteiger partial charge >= 0.3 is 0 Å². The SMILES string of the molecule is CCNC(=NCc1cccc(N(C)C)n1)NCCCN1CCC(C)CC1. The van der Waals surface area contributed by atoms with Crippen LogP contribution in [0.5, 0.6) is 0 Å². The lowest BCUT2D eigenvalue weighted by molar-refractivity contribution is 0.191. The summed E-state index contributed by atoms with van der Waals surface area (Å²) in [5, 5.41) is 6.77. The fourth-order valence-corrected chi connectivity index (χ4v) is 3.10. The van der Waals surface area contributed by atoms with Crippen LogP contribution in [0, 0.1) is 5.92 Å². The van der Waals surface area contributed by atoms with E-state index >= 15 is 0 Å². The van der Waals surface area contributed by atoms with Crippen molar-refractivity contribution in [3.8, 4) is 0 Å². The zero-order valence-electron chi connectivity index (χ0n) is 17.0. The highest BCUT2D eigenvalue weighted by atomic mass is 15.2. The zero-order chi connectivity index (χ0) is 18.8. The number of hydrogen-bond donors (Lipinski definition) is 2. The Morgan fingerprint density at radius 2 is 2.04 bits per heavy atom. The molecule has 0 radical (unpaired) electrons. The van der Waals surface area contributed by atoms with Gasteiger partial charge in [-0.25, -0.2) is 9.98 Å². The van der Waals surface area contributed by atoms with Gasteiger partial charge in [0.1, 0.15) is 5.82 Å². The topological polar surface area (TPSA) is 55.8 Å². The number of aliphatic imine (C=N–C) groups is 1. The van der Waals surface area contributed by atoms with Gasteiger partial charge in [0.25, 0.3) is 0 Å². The first kappa shape index (κ1) is 20.5. The maximum Gasteiger partial charge on any atom is 0.191 e. The maximum atomic E-state index is 4.68. The molecule has 2 rings (SSSR count). The van der Waals surface area contributed by atoms with Crippen LogP contribution >= 0.6 is 0 Å². The van der Waals surface area contributed by atoms with Crippen molar-refractivity contribution in [1.29, 1.82) is 0 Å². The summed E-state index contributed by atoms with van der Waals surface area (Å²) in [7, 11) is 4.01. The molecule has 146 valence electrons. The van der Waals surface area contributed by atoms with Crippen LogP contribution in [0.3, 0.4) is 0 Å². The molecule has 0 amide bonds. The van der Waals surface area contributed by atoms with Gasteiger partial charge in [-0.2, -0.15) is 0 Å². The van der Waals surface area contributed by atoms with Crippen molar-refractivity contribution < 1.29 is 0 Å². The van der Waals surface area contributed by atoms with E-state index in [0.717, 1.165) is 42.9 Å². The first-order valence-electron chi connectivity index (χ1n) is 9.96. The number of hydrogen-bond acceptors (Lipinski definition) is 4. The van der Waals surface area contributed by atoms with E-state index in [1.165, 1.54) is 32.5 Å². The van der Waals surface area contributed by atoms with Gasteiger partial charge in [-0.1, -0.05) is 13.0 Å². The van der Waals surface area contributed by atoms with Crippen LogP contribution in [0.25, 0.3) is 0 Å². The summed E-state index contributed by atoms with van der Waals surface area (Å²) in [5.74, 6) is 2.74. The maximum absolute atomic E-state index is 4.68. The Kier molecular flexibility index (Phi) is 8.68. The second-order valence-corrected chi connectivity index (χ2v) is 7.38. The molecule has 0 bridgehead atoms. The van der Waals surface area contributed by atoms with E-state index in [1.807, 2.05) is 37.2 Å². The van der Waals surface area contributed by atoms with Crippen LogP contribution in [0.2, 0.25) is 0 Å². The summed E-state index contributed by atoms with van der Waals surface area (Å²) in [5.41, 5.74) is 0.982. The van der Waals surface area contributed by atoms with Crippen LogP contribution < -0.4 is 15.5 Å². The molecule has 26 heavy (non-hydrogen) atoms. The number of likely N-dealkylation sites (tertiary alicyclic amines) is 1. The number of piperidine rings is 1. The summed E-state index contributed by atoms with van der Waals surface area (Å²) in [6.45, 7) is 10.5. The van der Waals surface area contributed by atoms with Gasteiger partial charge < -0.3 is 20.4 Å². The van der Waals surface area contributed by atoms with Crippen LogP contribution in [0.15, 0.2) is 23.2 Å². The minimum absolute atomic E-state index is 0.584. The summed E-state index contributed by atoms with van der Waals surface area (Å²) in [4.78, 5) is 13.9. The molecule has 6 nitrogen and oxygen atoms in total. The van der Waals surface area contributed by atoms with Crippen molar-refractivity contribution >= 4 is 11.8 Å². The molecule has 1 aromatic heterocycles. The van der Waals surface area contributed by atoms with Crippen molar-refractivity contribution in [2.45, 2.75) is 39.7 Å². The molecule has 6 heteroatoms. The highest BCUT2D eigenvalue weighted by Gasteiger charge is 2.14. The Morgan fingerprint density at radius 3 is 2.73 bits per heavy atom. The standard InChI is InChI=1S/C20H36N6/c1-5-21-20(22-12-7-13-26-14-10-17(2)11-15-26)23-16-18-8-6-9-19(24-18)25(3)4/h6,8-9,17H,5,7,10-16H2,1-4H3,(H2,21,22,23).